The lowest BCUT2D eigenvalue weighted by Crippen LogP contribution is -2.47. The van der Waals surface area contributed by atoms with Gasteiger partial charge in [-0.15, -0.1) is 0 Å². The van der Waals surface area contributed by atoms with Gasteiger partial charge in [-0.25, -0.2) is 5.43 Å². The van der Waals surface area contributed by atoms with Gasteiger partial charge in [0, 0.05) is 18.2 Å². The number of carbonyl (C=O) groups is 1. The second-order valence-electron chi connectivity index (χ2n) is 8.51. The summed E-state index contributed by atoms with van der Waals surface area (Å²) in [5.41, 5.74) is 3.97. The molecule has 4 aliphatic rings. The fourth-order valence-corrected chi connectivity index (χ4v) is 5.99. The summed E-state index contributed by atoms with van der Waals surface area (Å²) in [5, 5.41) is 4.09. The van der Waals surface area contributed by atoms with Crippen LogP contribution in [-0.4, -0.2) is 19.2 Å². The number of hydrazone groups is 1. The van der Waals surface area contributed by atoms with Crippen LogP contribution in [0.1, 0.15) is 50.5 Å². The molecule has 1 N–H and O–H groups in total. The van der Waals surface area contributed by atoms with Crippen LogP contribution in [0.3, 0.4) is 0 Å². The van der Waals surface area contributed by atoms with E-state index in [4.69, 9.17) is 4.74 Å². The zero-order valence-electron chi connectivity index (χ0n) is 15.5. The minimum atomic E-state index is 0.0638. The van der Waals surface area contributed by atoms with E-state index in [1.54, 1.807) is 13.3 Å². The van der Waals surface area contributed by atoms with Gasteiger partial charge in [0.05, 0.1) is 7.11 Å². The number of carbonyl (C=O) groups excluding carboxylic acids is 1. The highest BCUT2D eigenvalue weighted by Gasteiger charge is 2.51. The molecule has 1 amide bonds. The standard InChI is InChI=1S/C22H28N2O2/c1-26-20-7-3-2-5-19(20)6-4-8-23-24-21(25)15-22-12-16-9-17(13-22)11-18(10-16)14-22/h2-8,16-18H,9-15H2,1H3,(H,24,25)/b6-4+,23-8+. The van der Waals surface area contributed by atoms with Gasteiger partial charge in [0.15, 0.2) is 0 Å². The third-order valence-corrected chi connectivity index (χ3v) is 6.47. The number of amides is 1. The quantitative estimate of drug-likeness (QED) is 0.609. The Morgan fingerprint density at radius 2 is 1.85 bits per heavy atom. The third kappa shape index (κ3) is 3.69. The third-order valence-electron chi connectivity index (χ3n) is 6.47. The van der Waals surface area contributed by atoms with Crippen molar-refractivity contribution >= 4 is 18.2 Å². The average molecular weight is 352 g/mol. The van der Waals surface area contributed by atoms with E-state index < -0.39 is 0 Å². The van der Waals surface area contributed by atoms with Crippen molar-refractivity contribution in [3.05, 3.63) is 35.9 Å². The summed E-state index contributed by atoms with van der Waals surface area (Å²) in [6.45, 7) is 0. The zero-order valence-corrected chi connectivity index (χ0v) is 15.5. The van der Waals surface area contributed by atoms with Gasteiger partial charge >= 0.3 is 0 Å². The number of allylic oxidation sites excluding steroid dienone is 1. The SMILES string of the molecule is COc1ccccc1/C=C/C=N/NC(=O)CC12CC3CC(CC(C3)C1)C2. The van der Waals surface area contributed by atoms with Gasteiger partial charge in [0.25, 0.3) is 0 Å². The lowest BCUT2D eigenvalue weighted by molar-refractivity contribution is -0.129. The monoisotopic (exact) mass is 352 g/mol. The number of nitrogens with zero attached hydrogens (tertiary/aromatic N) is 1. The fourth-order valence-electron chi connectivity index (χ4n) is 5.99. The molecule has 4 heteroatoms. The van der Waals surface area contributed by atoms with E-state index in [0.717, 1.165) is 29.1 Å². The Hall–Kier alpha value is -2.10. The topological polar surface area (TPSA) is 50.7 Å². The summed E-state index contributed by atoms with van der Waals surface area (Å²) < 4.78 is 5.31. The zero-order chi connectivity index (χ0) is 18.0. The van der Waals surface area contributed by atoms with Crippen LogP contribution >= 0.6 is 0 Å². The molecule has 0 atom stereocenters. The van der Waals surface area contributed by atoms with Crippen molar-refractivity contribution in [3.8, 4) is 5.75 Å². The Kier molecular flexibility index (Phi) is 4.84. The van der Waals surface area contributed by atoms with E-state index in [-0.39, 0.29) is 11.3 Å². The Balaban J connectivity index is 1.29. The number of hydrogen-bond acceptors (Lipinski definition) is 3. The van der Waals surface area contributed by atoms with Crippen LogP contribution in [0.25, 0.3) is 6.08 Å². The van der Waals surface area contributed by atoms with E-state index in [1.165, 1.54) is 38.5 Å². The van der Waals surface area contributed by atoms with Crippen LogP contribution in [-0.2, 0) is 4.79 Å². The Morgan fingerprint density at radius 3 is 2.50 bits per heavy atom. The molecular formula is C22H28N2O2. The highest BCUT2D eigenvalue weighted by atomic mass is 16.5. The highest BCUT2D eigenvalue weighted by Crippen LogP contribution is 2.61. The molecule has 0 saturated heterocycles. The molecule has 0 spiro atoms. The average Bonchev–Trinajstić information content (AvgIpc) is 2.60. The number of benzene rings is 1. The molecule has 4 aliphatic carbocycles. The molecule has 138 valence electrons. The maximum atomic E-state index is 12.4. The number of rotatable bonds is 6. The number of ether oxygens (including phenoxy) is 1. The first-order valence-electron chi connectivity index (χ1n) is 9.77. The molecule has 0 heterocycles. The van der Waals surface area contributed by atoms with Crippen LogP contribution in [0.2, 0.25) is 0 Å². The number of methoxy groups -OCH3 is 1. The van der Waals surface area contributed by atoms with Crippen molar-refractivity contribution in [2.24, 2.45) is 28.3 Å². The molecule has 0 unspecified atom stereocenters. The van der Waals surface area contributed by atoms with Crippen molar-refractivity contribution in [1.29, 1.82) is 0 Å². The van der Waals surface area contributed by atoms with Gasteiger partial charge in [-0.05, 0) is 79.9 Å². The first-order valence-corrected chi connectivity index (χ1v) is 9.77. The van der Waals surface area contributed by atoms with Crippen LogP contribution in [0.15, 0.2) is 35.4 Å². The predicted octanol–water partition coefficient (Wildman–Crippen LogP) is 4.42. The van der Waals surface area contributed by atoms with Gasteiger partial charge in [0.2, 0.25) is 5.91 Å². The second-order valence-corrected chi connectivity index (χ2v) is 8.51. The fraction of sp³-hybridized carbons (Fsp3) is 0.545. The van der Waals surface area contributed by atoms with Crippen molar-refractivity contribution < 1.29 is 9.53 Å². The summed E-state index contributed by atoms with van der Waals surface area (Å²) in [4.78, 5) is 12.4. The van der Waals surface area contributed by atoms with Gasteiger partial charge < -0.3 is 4.74 Å². The van der Waals surface area contributed by atoms with Crippen LogP contribution < -0.4 is 10.2 Å². The number of nitrogens with one attached hydrogen (secondary N) is 1. The molecule has 4 fully saturated rings. The summed E-state index contributed by atoms with van der Waals surface area (Å²) in [6.07, 6.45) is 14.0. The predicted molar refractivity (Wildman–Crippen MR) is 104 cm³/mol. The van der Waals surface area contributed by atoms with Crippen LogP contribution in [0.5, 0.6) is 5.75 Å². The van der Waals surface area contributed by atoms with Crippen molar-refractivity contribution in [3.63, 3.8) is 0 Å². The van der Waals surface area contributed by atoms with Gasteiger partial charge in [0.1, 0.15) is 5.75 Å². The molecule has 0 aromatic heterocycles. The summed E-state index contributed by atoms with van der Waals surface area (Å²) >= 11 is 0. The van der Waals surface area contributed by atoms with E-state index >= 15 is 0 Å². The van der Waals surface area contributed by atoms with E-state index in [9.17, 15) is 4.79 Å². The Morgan fingerprint density at radius 1 is 1.19 bits per heavy atom. The van der Waals surface area contributed by atoms with Gasteiger partial charge in [-0.2, -0.15) is 5.10 Å². The lowest BCUT2D eigenvalue weighted by Gasteiger charge is -2.56. The summed E-state index contributed by atoms with van der Waals surface area (Å²) in [7, 11) is 1.66. The molecule has 4 saturated carbocycles. The minimum absolute atomic E-state index is 0.0638. The lowest BCUT2D eigenvalue weighted by atomic mass is 9.49. The number of para-hydroxylation sites is 1. The normalized spacial score (nSPS) is 32.4. The molecule has 5 rings (SSSR count). The second kappa shape index (κ2) is 7.26. The molecular weight excluding hydrogens is 324 g/mol. The first kappa shape index (κ1) is 17.3. The van der Waals surface area contributed by atoms with Crippen molar-refractivity contribution in [1.82, 2.24) is 5.43 Å². The Bertz CT molecular complexity index is 687. The van der Waals surface area contributed by atoms with Crippen LogP contribution in [0.4, 0.5) is 0 Å². The maximum Gasteiger partial charge on any atom is 0.240 e. The molecule has 4 bridgehead atoms. The van der Waals surface area contributed by atoms with Crippen LogP contribution in [0, 0.1) is 23.2 Å². The van der Waals surface area contributed by atoms with Gasteiger partial charge in [-0.1, -0.05) is 18.2 Å². The summed E-state index contributed by atoms with van der Waals surface area (Å²) in [6, 6.07) is 7.81. The molecule has 0 radical (unpaired) electrons. The maximum absolute atomic E-state index is 12.4. The van der Waals surface area contributed by atoms with Crippen molar-refractivity contribution in [2.75, 3.05) is 7.11 Å². The number of hydrogen-bond donors (Lipinski definition) is 1. The van der Waals surface area contributed by atoms with Crippen molar-refractivity contribution in [2.45, 2.75) is 44.9 Å². The Labute approximate surface area is 155 Å². The minimum Gasteiger partial charge on any atom is -0.496 e. The molecule has 1 aromatic carbocycles. The highest BCUT2D eigenvalue weighted by molar-refractivity contribution is 5.82. The molecule has 26 heavy (non-hydrogen) atoms. The van der Waals surface area contributed by atoms with E-state index in [0.29, 0.717) is 6.42 Å². The summed E-state index contributed by atoms with van der Waals surface area (Å²) in [5.74, 6) is 3.51. The largest absolute Gasteiger partial charge is 0.496 e. The van der Waals surface area contributed by atoms with E-state index in [2.05, 4.69) is 10.5 Å². The first-order chi connectivity index (χ1) is 12.7. The molecule has 0 aliphatic heterocycles. The molecule has 4 nitrogen and oxygen atoms in total. The van der Waals surface area contributed by atoms with E-state index in [1.807, 2.05) is 36.4 Å². The molecule has 1 aromatic rings. The van der Waals surface area contributed by atoms with Gasteiger partial charge in [-0.3, -0.25) is 4.79 Å². The smallest absolute Gasteiger partial charge is 0.240 e.